The first-order chi connectivity index (χ1) is 17.3. The molecule has 1 aliphatic carbocycles. The standard InChI is InChI=1S/C29H47N5O3/c1-21-12-24(30-34(21)23-14-28(15-23)17-32(18-28)25(35)37-26(2,3)4)33-10-8-22(13-27(33,5)6)16-31-19-29(20-31)9-7-11-36-29/h12,22-23H,7-11,13-20H2,1-6H3. The van der Waals surface area contributed by atoms with Crippen molar-refractivity contribution in [3.05, 3.63) is 11.8 Å². The van der Waals surface area contributed by atoms with Crippen molar-refractivity contribution in [2.45, 2.75) is 103 Å². The van der Waals surface area contributed by atoms with Crippen molar-refractivity contribution in [3.8, 4) is 0 Å². The van der Waals surface area contributed by atoms with E-state index in [9.17, 15) is 4.79 Å². The Morgan fingerprint density at radius 2 is 1.89 bits per heavy atom. The first-order valence-corrected chi connectivity index (χ1v) is 14.5. The number of amides is 1. The third-order valence-electron chi connectivity index (χ3n) is 9.58. The zero-order valence-corrected chi connectivity index (χ0v) is 23.9. The summed E-state index contributed by atoms with van der Waals surface area (Å²) in [6.45, 7) is 19.9. The Labute approximate surface area is 222 Å². The Bertz CT molecular complexity index is 1010. The number of hydrogen-bond donors (Lipinski definition) is 0. The molecule has 8 heteroatoms. The van der Waals surface area contributed by atoms with Crippen LogP contribution in [0.2, 0.25) is 0 Å². The number of rotatable bonds is 4. The second-order valence-electron chi connectivity index (χ2n) is 14.6. The molecule has 0 aromatic carbocycles. The van der Waals surface area contributed by atoms with E-state index < -0.39 is 5.60 Å². The van der Waals surface area contributed by atoms with Crippen molar-refractivity contribution >= 4 is 11.9 Å². The lowest BCUT2D eigenvalue weighted by atomic mass is 9.61. The van der Waals surface area contributed by atoms with Gasteiger partial charge in [-0.25, -0.2) is 4.79 Å². The first kappa shape index (κ1) is 25.5. The number of aryl methyl sites for hydroxylation is 1. The van der Waals surface area contributed by atoms with Gasteiger partial charge in [0.25, 0.3) is 0 Å². The largest absolute Gasteiger partial charge is 0.444 e. The van der Waals surface area contributed by atoms with Gasteiger partial charge in [0.15, 0.2) is 5.82 Å². The molecule has 0 N–H and O–H groups in total. The summed E-state index contributed by atoms with van der Waals surface area (Å²) >= 11 is 0. The summed E-state index contributed by atoms with van der Waals surface area (Å²) < 4.78 is 13.8. The smallest absolute Gasteiger partial charge is 0.410 e. The zero-order chi connectivity index (χ0) is 26.2. The van der Waals surface area contributed by atoms with Crippen molar-refractivity contribution in [2.24, 2.45) is 11.3 Å². The van der Waals surface area contributed by atoms with Crippen LogP contribution in [-0.4, -0.2) is 88.3 Å². The average Bonchev–Trinajstić information content (AvgIpc) is 3.31. The molecule has 1 amide bonds. The Balaban J connectivity index is 1.01. The predicted octanol–water partition coefficient (Wildman–Crippen LogP) is 4.62. The number of hydrogen-bond acceptors (Lipinski definition) is 6. The minimum atomic E-state index is -0.436. The molecule has 1 aromatic rings. The third-order valence-corrected chi connectivity index (χ3v) is 9.58. The molecule has 206 valence electrons. The fraction of sp³-hybridized carbons (Fsp3) is 0.862. The summed E-state index contributed by atoms with van der Waals surface area (Å²) in [7, 11) is 0. The highest BCUT2D eigenvalue weighted by molar-refractivity contribution is 5.69. The molecule has 5 fully saturated rings. The Morgan fingerprint density at radius 3 is 2.51 bits per heavy atom. The summed E-state index contributed by atoms with van der Waals surface area (Å²) in [6, 6.07) is 2.73. The lowest BCUT2D eigenvalue weighted by molar-refractivity contribution is -0.116. The number of carbonyl (C=O) groups excluding carboxylic acids is 1. The summed E-state index contributed by atoms with van der Waals surface area (Å²) in [5, 5.41) is 5.15. The Hall–Kier alpha value is -1.80. The van der Waals surface area contributed by atoms with Crippen LogP contribution < -0.4 is 4.90 Å². The van der Waals surface area contributed by atoms with Gasteiger partial charge in [0.1, 0.15) is 5.60 Å². The van der Waals surface area contributed by atoms with Gasteiger partial charge in [-0.2, -0.15) is 5.10 Å². The van der Waals surface area contributed by atoms with Crippen LogP contribution in [0.5, 0.6) is 0 Å². The van der Waals surface area contributed by atoms with Crippen LogP contribution in [0.4, 0.5) is 10.6 Å². The number of likely N-dealkylation sites (tertiary alicyclic amines) is 2. The van der Waals surface area contributed by atoms with E-state index >= 15 is 0 Å². The molecule has 1 atom stereocenters. The minimum Gasteiger partial charge on any atom is -0.444 e. The van der Waals surface area contributed by atoms with Crippen LogP contribution in [0.3, 0.4) is 0 Å². The number of anilines is 1. The number of nitrogens with zero attached hydrogens (tertiary/aromatic N) is 5. The zero-order valence-electron chi connectivity index (χ0n) is 23.9. The van der Waals surface area contributed by atoms with Crippen molar-refractivity contribution in [1.82, 2.24) is 19.6 Å². The summed E-state index contributed by atoms with van der Waals surface area (Å²) in [5.41, 5.74) is 1.38. The molecule has 5 heterocycles. The van der Waals surface area contributed by atoms with Gasteiger partial charge in [0.2, 0.25) is 0 Å². The molecule has 8 nitrogen and oxygen atoms in total. The molecule has 4 aliphatic heterocycles. The maximum absolute atomic E-state index is 12.3. The van der Waals surface area contributed by atoms with E-state index in [2.05, 4.69) is 41.3 Å². The number of carbonyl (C=O) groups is 1. The van der Waals surface area contributed by atoms with E-state index in [0.29, 0.717) is 6.04 Å². The molecule has 0 bridgehead atoms. The number of piperidine rings is 1. The van der Waals surface area contributed by atoms with E-state index in [1.165, 1.54) is 37.9 Å². The highest BCUT2D eigenvalue weighted by atomic mass is 16.6. The van der Waals surface area contributed by atoms with Gasteiger partial charge in [-0.15, -0.1) is 0 Å². The quantitative estimate of drug-likeness (QED) is 0.585. The van der Waals surface area contributed by atoms with Crippen LogP contribution in [0.15, 0.2) is 6.07 Å². The van der Waals surface area contributed by atoms with Crippen molar-refractivity contribution in [3.63, 3.8) is 0 Å². The normalized spacial score (nSPS) is 28.8. The maximum Gasteiger partial charge on any atom is 0.410 e. The molecule has 0 radical (unpaired) electrons. The van der Waals surface area contributed by atoms with E-state index in [1.54, 1.807) is 0 Å². The van der Waals surface area contributed by atoms with Gasteiger partial charge >= 0.3 is 6.09 Å². The summed E-state index contributed by atoms with van der Waals surface area (Å²) in [6.07, 6.45) is 6.94. The lowest BCUT2D eigenvalue weighted by Crippen LogP contribution is -2.64. The molecule has 6 rings (SSSR count). The molecular formula is C29H47N5O3. The first-order valence-electron chi connectivity index (χ1n) is 14.5. The molecule has 5 aliphatic rings. The lowest BCUT2D eigenvalue weighted by Gasteiger charge is -2.58. The summed E-state index contributed by atoms with van der Waals surface area (Å²) in [4.78, 5) is 19.4. The molecule has 1 unspecified atom stereocenters. The minimum absolute atomic E-state index is 0.101. The van der Waals surface area contributed by atoms with E-state index in [4.69, 9.17) is 14.6 Å². The molecule has 4 saturated heterocycles. The van der Waals surface area contributed by atoms with Crippen LogP contribution in [-0.2, 0) is 9.47 Å². The molecular weight excluding hydrogens is 466 g/mol. The van der Waals surface area contributed by atoms with E-state index in [1.807, 2.05) is 25.7 Å². The van der Waals surface area contributed by atoms with Crippen molar-refractivity contribution in [1.29, 1.82) is 0 Å². The molecule has 37 heavy (non-hydrogen) atoms. The van der Waals surface area contributed by atoms with Crippen LogP contribution in [0.25, 0.3) is 0 Å². The maximum atomic E-state index is 12.3. The Kier molecular flexibility index (Phi) is 5.92. The summed E-state index contributed by atoms with van der Waals surface area (Å²) in [5.74, 6) is 1.87. The predicted molar refractivity (Wildman–Crippen MR) is 144 cm³/mol. The highest BCUT2D eigenvalue weighted by Gasteiger charge is 2.55. The number of aromatic nitrogens is 2. The van der Waals surface area contributed by atoms with Gasteiger partial charge < -0.3 is 19.3 Å². The second-order valence-corrected chi connectivity index (χ2v) is 14.6. The van der Waals surface area contributed by atoms with E-state index in [-0.39, 0.29) is 22.6 Å². The van der Waals surface area contributed by atoms with Gasteiger partial charge in [-0.1, -0.05) is 0 Å². The van der Waals surface area contributed by atoms with Crippen LogP contribution in [0.1, 0.15) is 84.9 Å². The monoisotopic (exact) mass is 513 g/mol. The van der Waals surface area contributed by atoms with Gasteiger partial charge in [-0.3, -0.25) is 9.58 Å². The van der Waals surface area contributed by atoms with Crippen LogP contribution >= 0.6 is 0 Å². The molecule has 1 aromatic heterocycles. The third kappa shape index (κ3) is 4.77. The number of ether oxygens (including phenoxy) is 2. The second kappa shape index (κ2) is 8.60. The fourth-order valence-corrected chi connectivity index (χ4v) is 7.94. The van der Waals surface area contributed by atoms with Gasteiger partial charge in [0.05, 0.1) is 11.6 Å². The average molecular weight is 514 g/mol. The van der Waals surface area contributed by atoms with Crippen LogP contribution in [0, 0.1) is 18.3 Å². The van der Waals surface area contributed by atoms with Crippen molar-refractivity contribution in [2.75, 3.05) is 50.8 Å². The molecule has 1 saturated carbocycles. The SMILES string of the molecule is Cc1cc(N2CCC(CN3CC4(CCCO4)C3)CC2(C)C)nn1C1CC2(C1)CN(C(=O)OC(C)(C)C)C2. The van der Waals surface area contributed by atoms with E-state index in [0.717, 1.165) is 63.9 Å². The fourth-order valence-electron chi connectivity index (χ4n) is 7.94. The highest BCUT2D eigenvalue weighted by Crippen LogP contribution is 2.54. The van der Waals surface area contributed by atoms with Crippen molar-refractivity contribution < 1.29 is 14.3 Å². The Morgan fingerprint density at radius 1 is 1.16 bits per heavy atom. The topological polar surface area (TPSA) is 63.1 Å². The van der Waals surface area contributed by atoms with Gasteiger partial charge in [0, 0.05) is 68.6 Å². The molecule has 2 spiro atoms. The van der Waals surface area contributed by atoms with Gasteiger partial charge in [-0.05, 0) is 86.0 Å².